The second-order valence-corrected chi connectivity index (χ2v) is 11.2. The predicted octanol–water partition coefficient (Wildman–Crippen LogP) is 7.21. The molecule has 2 aromatic carbocycles. The molecular formula is C27H31Cl2FN2O2S. The summed E-state index contributed by atoms with van der Waals surface area (Å²) in [6.07, 6.45) is 2.91. The Balaban J connectivity index is 1.33. The Labute approximate surface area is 220 Å². The maximum atomic E-state index is 15.6. The van der Waals surface area contributed by atoms with Gasteiger partial charge in [0.1, 0.15) is 11.9 Å². The molecule has 0 spiro atoms. The molecule has 35 heavy (non-hydrogen) atoms. The predicted molar refractivity (Wildman–Crippen MR) is 144 cm³/mol. The largest absolute Gasteiger partial charge is 0.497 e. The molecule has 0 radical (unpaired) electrons. The van der Waals surface area contributed by atoms with Crippen molar-refractivity contribution in [1.29, 1.82) is 0 Å². The number of fused-ring (bicyclic) bond motifs is 1. The van der Waals surface area contributed by atoms with Crippen molar-refractivity contribution < 1.29 is 14.2 Å². The number of hydrogen-bond acceptors (Lipinski definition) is 5. The molecule has 2 heterocycles. The molecule has 0 saturated carbocycles. The minimum absolute atomic E-state index is 0.0729. The maximum Gasteiger partial charge on any atom is 0.127 e. The number of nitrogens with zero attached hydrogens (tertiary/aromatic N) is 2. The molecule has 1 aliphatic heterocycles. The van der Waals surface area contributed by atoms with E-state index in [9.17, 15) is 5.11 Å². The van der Waals surface area contributed by atoms with Gasteiger partial charge >= 0.3 is 0 Å². The minimum atomic E-state index is -1.24. The molecule has 1 aromatic heterocycles. The molecule has 8 heteroatoms. The van der Waals surface area contributed by atoms with Gasteiger partial charge in [-0.2, -0.15) is 0 Å². The van der Waals surface area contributed by atoms with Gasteiger partial charge in [0.05, 0.1) is 17.6 Å². The summed E-state index contributed by atoms with van der Waals surface area (Å²) in [5.41, 5.74) is 0.890. The fraction of sp³-hybridized carbons (Fsp3) is 0.444. The molecule has 0 bridgehead atoms. The van der Waals surface area contributed by atoms with Crippen molar-refractivity contribution >= 4 is 45.9 Å². The molecule has 188 valence electrons. The van der Waals surface area contributed by atoms with E-state index in [4.69, 9.17) is 27.9 Å². The van der Waals surface area contributed by atoms with Crippen molar-refractivity contribution in [3.05, 3.63) is 64.3 Å². The first kappa shape index (κ1) is 26.5. The van der Waals surface area contributed by atoms with Crippen LogP contribution in [-0.2, 0) is 0 Å². The summed E-state index contributed by atoms with van der Waals surface area (Å²) < 4.78 is 20.9. The first-order valence-electron chi connectivity index (χ1n) is 11.9. The van der Waals surface area contributed by atoms with Crippen molar-refractivity contribution in [2.24, 2.45) is 5.41 Å². The van der Waals surface area contributed by atoms with Gasteiger partial charge in [-0.05, 0) is 80.6 Å². The molecule has 0 amide bonds. The number of rotatable bonds is 10. The minimum Gasteiger partial charge on any atom is -0.497 e. The molecule has 1 fully saturated rings. The van der Waals surface area contributed by atoms with Gasteiger partial charge in [-0.3, -0.25) is 4.98 Å². The number of piperidine rings is 1. The third-order valence-corrected chi connectivity index (χ3v) is 8.54. The summed E-state index contributed by atoms with van der Waals surface area (Å²) in [5, 5.41) is 12.0. The highest BCUT2D eigenvalue weighted by Gasteiger charge is 2.35. The van der Waals surface area contributed by atoms with E-state index >= 15 is 4.39 Å². The molecule has 3 aromatic rings. The third-order valence-electron chi connectivity index (χ3n) is 7.03. The summed E-state index contributed by atoms with van der Waals surface area (Å²) in [6.45, 7) is 2.86. The highest BCUT2D eigenvalue weighted by atomic mass is 35.5. The quantitative estimate of drug-likeness (QED) is 0.277. The van der Waals surface area contributed by atoms with E-state index in [1.54, 1.807) is 24.9 Å². The zero-order valence-corrected chi connectivity index (χ0v) is 22.2. The van der Waals surface area contributed by atoms with Crippen LogP contribution in [0, 0.1) is 5.41 Å². The lowest BCUT2D eigenvalue weighted by Crippen LogP contribution is -2.42. The van der Waals surface area contributed by atoms with Crippen molar-refractivity contribution in [3.63, 3.8) is 0 Å². The second-order valence-electron chi connectivity index (χ2n) is 9.21. The van der Waals surface area contributed by atoms with E-state index in [0.717, 1.165) is 43.3 Å². The Morgan fingerprint density at radius 3 is 2.71 bits per heavy atom. The number of pyridine rings is 1. The Morgan fingerprint density at radius 2 is 2.00 bits per heavy atom. The molecule has 1 aliphatic rings. The van der Waals surface area contributed by atoms with Crippen LogP contribution in [0.25, 0.3) is 10.9 Å². The topological polar surface area (TPSA) is 45.6 Å². The number of aromatic nitrogens is 1. The van der Waals surface area contributed by atoms with Crippen LogP contribution in [0.4, 0.5) is 4.39 Å². The fourth-order valence-electron chi connectivity index (χ4n) is 4.78. The number of halogens is 3. The number of aliphatic hydroxyl groups is 1. The van der Waals surface area contributed by atoms with E-state index < -0.39 is 6.17 Å². The highest BCUT2D eigenvalue weighted by molar-refractivity contribution is 7.99. The zero-order chi connectivity index (χ0) is 24.8. The summed E-state index contributed by atoms with van der Waals surface area (Å²) in [4.78, 5) is 7.93. The maximum absolute atomic E-state index is 15.6. The number of alkyl halides is 1. The van der Waals surface area contributed by atoms with Crippen LogP contribution in [-0.4, -0.2) is 54.1 Å². The average molecular weight is 538 g/mol. The summed E-state index contributed by atoms with van der Waals surface area (Å²) in [7, 11) is 1.58. The fourth-order valence-corrected chi connectivity index (χ4v) is 6.27. The van der Waals surface area contributed by atoms with E-state index in [2.05, 4.69) is 16.0 Å². The summed E-state index contributed by atoms with van der Waals surface area (Å²) in [5.74, 6) is 1.62. The number of hydrogen-bond donors (Lipinski definition) is 1. The van der Waals surface area contributed by atoms with Crippen molar-refractivity contribution in [1.82, 2.24) is 9.88 Å². The molecule has 4 rings (SSSR count). The molecule has 4 nitrogen and oxygen atoms in total. The molecule has 0 aliphatic carbocycles. The van der Waals surface area contributed by atoms with Crippen LogP contribution in [0.1, 0.15) is 37.4 Å². The monoisotopic (exact) mass is 536 g/mol. The van der Waals surface area contributed by atoms with Gasteiger partial charge < -0.3 is 14.7 Å². The van der Waals surface area contributed by atoms with Gasteiger partial charge in [0.25, 0.3) is 0 Å². The van der Waals surface area contributed by atoms with Crippen LogP contribution < -0.4 is 4.74 Å². The highest BCUT2D eigenvalue weighted by Crippen LogP contribution is 2.42. The van der Waals surface area contributed by atoms with E-state index in [0.29, 0.717) is 40.1 Å². The number of aliphatic hydroxyl groups excluding tert-OH is 1. The zero-order valence-electron chi connectivity index (χ0n) is 19.9. The van der Waals surface area contributed by atoms with Gasteiger partial charge in [0.15, 0.2) is 0 Å². The lowest BCUT2D eigenvalue weighted by Gasteiger charge is -2.41. The lowest BCUT2D eigenvalue weighted by molar-refractivity contribution is 0.0323. The molecular weight excluding hydrogens is 506 g/mol. The van der Waals surface area contributed by atoms with Crippen molar-refractivity contribution in [2.45, 2.75) is 36.8 Å². The Morgan fingerprint density at radius 1 is 1.20 bits per heavy atom. The second kappa shape index (κ2) is 12.1. The first-order valence-corrected chi connectivity index (χ1v) is 13.6. The van der Waals surface area contributed by atoms with Crippen LogP contribution in [0.2, 0.25) is 10.0 Å². The van der Waals surface area contributed by atoms with Gasteiger partial charge in [0, 0.05) is 46.0 Å². The van der Waals surface area contributed by atoms with Gasteiger partial charge in [0.2, 0.25) is 0 Å². The molecule has 1 saturated heterocycles. The van der Waals surface area contributed by atoms with Crippen LogP contribution in [0.15, 0.2) is 53.6 Å². The van der Waals surface area contributed by atoms with Crippen LogP contribution in [0.3, 0.4) is 0 Å². The SMILES string of the molecule is COc1ccc2ncc(Cl)c([C@H](F)CCC3(CO)CCN(CCSc4cccc(Cl)c4)CC3)c2c1. The number of thioether (sulfide) groups is 1. The Hall–Kier alpha value is -1.57. The van der Waals surface area contributed by atoms with E-state index in [1.165, 1.54) is 11.1 Å². The molecule has 1 N–H and O–H groups in total. The number of ether oxygens (including phenoxy) is 1. The number of likely N-dealkylation sites (tertiary alicyclic amines) is 1. The Bertz CT molecular complexity index is 1140. The van der Waals surface area contributed by atoms with Gasteiger partial charge in [-0.1, -0.05) is 29.3 Å². The van der Waals surface area contributed by atoms with E-state index in [1.807, 2.05) is 30.3 Å². The molecule has 1 atom stereocenters. The standard InChI is InChI=1S/C27H31Cl2FN2O2S/c1-34-20-5-6-25-22(16-20)26(23(29)17-31-25)24(30)7-8-27(18-33)9-11-32(12-10-27)13-14-35-21-4-2-3-19(28)15-21/h2-6,15-17,24,33H,7-14,18H2,1H3/t24-/m1/s1. The van der Waals surface area contributed by atoms with Crippen LogP contribution >= 0.6 is 35.0 Å². The van der Waals surface area contributed by atoms with Crippen LogP contribution in [0.5, 0.6) is 5.75 Å². The van der Waals surface area contributed by atoms with E-state index in [-0.39, 0.29) is 12.0 Å². The molecule has 0 unspecified atom stereocenters. The lowest BCUT2D eigenvalue weighted by atomic mass is 9.74. The van der Waals surface area contributed by atoms with Crippen molar-refractivity contribution in [3.8, 4) is 5.75 Å². The smallest absolute Gasteiger partial charge is 0.127 e. The Kier molecular flexibility index (Phi) is 9.17. The average Bonchev–Trinajstić information content (AvgIpc) is 2.88. The summed E-state index contributed by atoms with van der Waals surface area (Å²) >= 11 is 14.3. The number of benzene rings is 2. The van der Waals surface area contributed by atoms with Crippen molar-refractivity contribution in [2.75, 3.05) is 39.1 Å². The summed E-state index contributed by atoms with van der Waals surface area (Å²) in [6, 6.07) is 13.3. The first-order chi connectivity index (χ1) is 16.9. The third kappa shape index (κ3) is 6.60. The number of methoxy groups -OCH3 is 1. The van der Waals surface area contributed by atoms with Gasteiger partial charge in [-0.25, -0.2) is 4.39 Å². The van der Waals surface area contributed by atoms with Gasteiger partial charge in [-0.15, -0.1) is 11.8 Å². The normalized spacial score (nSPS) is 16.9.